The van der Waals surface area contributed by atoms with Crippen LogP contribution in [0.3, 0.4) is 0 Å². The third-order valence-electron chi connectivity index (χ3n) is 7.24. The fourth-order valence-electron chi connectivity index (χ4n) is 5.67. The number of amides is 1. The van der Waals surface area contributed by atoms with Crippen LogP contribution in [-0.4, -0.2) is 54.0 Å². The maximum atomic E-state index is 12.2. The average molecular weight is 455 g/mol. The van der Waals surface area contributed by atoms with Crippen molar-refractivity contribution in [3.63, 3.8) is 0 Å². The number of aromatic nitrogens is 4. The zero-order valence-electron chi connectivity index (χ0n) is 18.7. The molecular formula is C26H26N6O2. The highest BCUT2D eigenvalue weighted by molar-refractivity contribution is 5.78. The first-order chi connectivity index (χ1) is 16.6. The molecule has 34 heavy (non-hydrogen) atoms. The van der Waals surface area contributed by atoms with E-state index >= 15 is 0 Å². The summed E-state index contributed by atoms with van der Waals surface area (Å²) < 4.78 is 2.00. The van der Waals surface area contributed by atoms with Crippen LogP contribution in [0.2, 0.25) is 0 Å². The van der Waals surface area contributed by atoms with E-state index in [1.807, 2.05) is 70.4 Å². The minimum absolute atomic E-state index is 0.152. The van der Waals surface area contributed by atoms with E-state index in [-0.39, 0.29) is 23.9 Å². The van der Waals surface area contributed by atoms with Gasteiger partial charge in [0.2, 0.25) is 5.91 Å². The first-order valence-electron chi connectivity index (χ1n) is 11.7. The van der Waals surface area contributed by atoms with Crippen molar-refractivity contribution in [1.82, 2.24) is 24.3 Å². The molecule has 3 aromatic heterocycles. The molecule has 2 aliphatic heterocycles. The summed E-state index contributed by atoms with van der Waals surface area (Å²) in [6.45, 7) is -0.426. The summed E-state index contributed by atoms with van der Waals surface area (Å²) in [6, 6.07) is 14.5. The van der Waals surface area contributed by atoms with Gasteiger partial charge in [0.15, 0.2) is 11.5 Å². The Bertz CT molecular complexity index is 1340. The lowest BCUT2D eigenvalue weighted by Crippen LogP contribution is -2.47. The van der Waals surface area contributed by atoms with Crippen LogP contribution in [0.15, 0.2) is 61.1 Å². The Morgan fingerprint density at radius 3 is 2.44 bits per heavy atom. The van der Waals surface area contributed by atoms with Gasteiger partial charge in [-0.25, -0.2) is 9.97 Å². The number of aliphatic hydroxyl groups excluding tert-OH is 1. The minimum atomic E-state index is -0.426. The molecule has 172 valence electrons. The van der Waals surface area contributed by atoms with Crippen molar-refractivity contribution in [2.75, 3.05) is 12.3 Å². The van der Waals surface area contributed by atoms with Gasteiger partial charge in [0.1, 0.15) is 6.61 Å². The van der Waals surface area contributed by atoms with Gasteiger partial charge in [-0.2, -0.15) is 0 Å². The number of nitrogens with zero attached hydrogens (tertiary/aromatic N) is 5. The van der Waals surface area contributed by atoms with Crippen LogP contribution >= 0.6 is 0 Å². The van der Waals surface area contributed by atoms with Gasteiger partial charge < -0.3 is 15.7 Å². The number of pyridine rings is 1. The first kappa shape index (κ1) is 20.8. The first-order valence-corrected chi connectivity index (χ1v) is 11.7. The molecule has 8 heteroatoms. The van der Waals surface area contributed by atoms with Gasteiger partial charge in [-0.15, -0.1) is 0 Å². The molecule has 8 nitrogen and oxygen atoms in total. The van der Waals surface area contributed by atoms with Crippen LogP contribution in [-0.2, 0) is 4.79 Å². The Hall–Kier alpha value is -3.78. The molecule has 3 atom stereocenters. The molecule has 6 rings (SSSR count). The lowest BCUT2D eigenvalue weighted by molar-refractivity contribution is -0.138. The zero-order valence-corrected chi connectivity index (χ0v) is 18.7. The van der Waals surface area contributed by atoms with Crippen molar-refractivity contribution in [3.05, 3.63) is 66.7 Å². The lowest BCUT2D eigenvalue weighted by atomic mass is 9.88. The van der Waals surface area contributed by atoms with E-state index in [4.69, 9.17) is 10.7 Å². The molecule has 2 saturated heterocycles. The summed E-state index contributed by atoms with van der Waals surface area (Å²) in [5.41, 5.74) is 11.7. The van der Waals surface area contributed by atoms with Crippen molar-refractivity contribution in [2.45, 2.75) is 43.7 Å². The number of imidazole rings is 1. The van der Waals surface area contributed by atoms with Gasteiger partial charge in [-0.1, -0.05) is 30.3 Å². The second-order valence-electron chi connectivity index (χ2n) is 9.20. The Morgan fingerprint density at radius 1 is 1.00 bits per heavy atom. The molecule has 5 heterocycles. The predicted molar refractivity (Wildman–Crippen MR) is 129 cm³/mol. The van der Waals surface area contributed by atoms with E-state index in [0.717, 1.165) is 53.9 Å². The van der Waals surface area contributed by atoms with E-state index in [1.165, 1.54) is 0 Å². The molecule has 0 aliphatic carbocycles. The molecule has 0 saturated carbocycles. The van der Waals surface area contributed by atoms with Crippen molar-refractivity contribution < 1.29 is 9.90 Å². The number of nitrogens with two attached hydrogens (primary N) is 1. The molecule has 0 spiro atoms. The number of carbonyl (C=O) groups is 1. The molecule has 1 aromatic carbocycles. The number of rotatable bonds is 4. The Morgan fingerprint density at radius 2 is 1.76 bits per heavy atom. The number of fused-ring (bicyclic) bond motifs is 3. The molecule has 2 aliphatic rings. The number of anilines is 1. The molecule has 1 unspecified atom stereocenters. The predicted octanol–water partition coefficient (Wildman–Crippen LogP) is 3.27. The highest BCUT2D eigenvalue weighted by Gasteiger charge is 2.43. The zero-order chi connectivity index (χ0) is 23.2. The summed E-state index contributed by atoms with van der Waals surface area (Å²) >= 11 is 0. The summed E-state index contributed by atoms with van der Waals surface area (Å²) in [4.78, 5) is 28.0. The van der Waals surface area contributed by atoms with E-state index in [9.17, 15) is 9.90 Å². The Balaban J connectivity index is 1.33. The van der Waals surface area contributed by atoms with E-state index in [2.05, 4.69) is 9.97 Å². The van der Waals surface area contributed by atoms with Crippen LogP contribution in [0.1, 0.15) is 37.3 Å². The maximum Gasteiger partial charge on any atom is 0.248 e. The summed E-state index contributed by atoms with van der Waals surface area (Å²) in [7, 11) is 0. The standard InChI is InChI=1S/C26H26N6O2/c27-25-26-29-13-23(17-6-9-21(28-12-17)16-4-2-1-3-5-16)31(26)14-22(30-25)18-10-19-7-8-20(11-18)32(19)24(34)15-33/h1-6,9,12-14,18-20,33H,7-8,10-11,15H2,(H2,27,30)/t18?,19-,20+. The van der Waals surface area contributed by atoms with E-state index in [1.54, 1.807) is 0 Å². The van der Waals surface area contributed by atoms with E-state index in [0.29, 0.717) is 11.5 Å². The molecule has 1 amide bonds. The van der Waals surface area contributed by atoms with Crippen LogP contribution in [0.4, 0.5) is 5.82 Å². The summed E-state index contributed by atoms with van der Waals surface area (Å²) in [6.07, 6.45) is 9.31. The van der Waals surface area contributed by atoms with Gasteiger partial charge in [0, 0.05) is 41.5 Å². The van der Waals surface area contributed by atoms with Crippen molar-refractivity contribution in [2.24, 2.45) is 0 Å². The fraction of sp³-hybridized carbons (Fsp3) is 0.308. The number of benzene rings is 1. The Labute approximate surface area is 197 Å². The summed E-state index contributed by atoms with van der Waals surface area (Å²) in [5, 5.41) is 9.35. The van der Waals surface area contributed by atoms with Crippen LogP contribution < -0.4 is 5.73 Å². The third kappa shape index (κ3) is 3.42. The number of aliphatic hydroxyl groups is 1. The molecule has 3 N–H and O–H groups in total. The van der Waals surface area contributed by atoms with Gasteiger partial charge in [-0.05, 0) is 37.8 Å². The van der Waals surface area contributed by atoms with Crippen molar-refractivity contribution in [3.8, 4) is 22.5 Å². The second-order valence-corrected chi connectivity index (χ2v) is 9.20. The number of hydrogen-bond donors (Lipinski definition) is 2. The normalized spacial score (nSPS) is 21.8. The number of carbonyl (C=O) groups excluding carboxylic acids is 1. The number of piperidine rings is 1. The molecule has 2 fully saturated rings. The van der Waals surface area contributed by atoms with Crippen molar-refractivity contribution in [1.29, 1.82) is 0 Å². The van der Waals surface area contributed by atoms with Crippen LogP contribution in [0.25, 0.3) is 28.2 Å². The second kappa shape index (κ2) is 8.22. The highest BCUT2D eigenvalue weighted by atomic mass is 16.3. The summed E-state index contributed by atoms with van der Waals surface area (Å²) in [5.74, 6) is 0.442. The molecule has 2 bridgehead atoms. The van der Waals surface area contributed by atoms with E-state index < -0.39 is 6.61 Å². The fourth-order valence-corrected chi connectivity index (χ4v) is 5.67. The van der Waals surface area contributed by atoms with Crippen LogP contribution in [0.5, 0.6) is 0 Å². The molecule has 4 aromatic rings. The third-order valence-corrected chi connectivity index (χ3v) is 7.24. The molecular weight excluding hydrogens is 428 g/mol. The molecule has 0 radical (unpaired) electrons. The lowest BCUT2D eigenvalue weighted by Gasteiger charge is -2.38. The topological polar surface area (TPSA) is 110 Å². The smallest absolute Gasteiger partial charge is 0.248 e. The number of nitrogen functional groups attached to an aromatic ring is 1. The highest BCUT2D eigenvalue weighted by Crippen LogP contribution is 2.43. The van der Waals surface area contributed by atoms with Crippen molar-refractivity contribution >= 4 is 17.4 Å². The monoisotopic (exact) mass is 454 g/mol. The SMILES string of the molecule is Nc1nc(C2C[C@H]3CC[C@@H](C2)N3C(=O)CO)cn2c(-c3ccc(-c4ccccc4)nc3)cnc12. The largest absolute Gasteiger partial charge is 0.387 e. The quantitative estimate of drug-likeness (QED) is 0.490. The van der Waals surface area contributed by atoms with Gasteiger partial charge in [0.05, 0.1) is 23.3 Å². The van der Waals surface area contributed by atoms with Gasteiger partial charge >= 0.3 is 0 Å². The maximum absolute atomic E-state index is 12.2. The number of hydrogen-bond acceptors (Lipinski definition) is 6. The van der Waals surface area contributed by atoms with Crippen LogP contribution in [0, 0.1) is 0 Å². The average Bonchev–Trinajstić information content (AvgIpc) is 3.42. The van der Waals surface area contributed by atoms with Gasteiger partial charge in [-0.3, -0.25) is 14.2 Å². The Kier molecular flexibility index (Phi) is 5.03. The van der Waals surface area contributed by atoms with Gasteiger partial charge in [0.25, 0.3) is 0 Å². The minimum Gasteiger partial charge on any atom is -0.387 e.